The highest BCUT2D eigenvalue weighted by Gasteiger charge is 2.34. The average Bonchev–Trinajstić information content (AvgIpc) is 2.93. The number of nitrogen functional groups attached to an aromatic ring is 1. The number of amides is 1. The maximum absolute atomic E-state index is 13.8. The summed E-state index contributed by atoms with van der Waals surface area (Å²) in [6.07, 6.45) is -1.54. The number of aromatic nitrogens is 1. The summed E-state index contributed by atoms with van der Waals surface area (Å²) < 4.78 is 47.1. The SMILES string of the molecule is CCN1CCN(Cc2ccc(NC(=O)COc3ccc(-c4cnc(N)c(C=[NH2+])c4)cc3)cc2C(F)(F)F)CC1. The molecule has 1 fully saturated rings. The van der Waals surface area contributed by atoms with Crippen LogP contribution in [-0.2, 0) is 17.5 Å². The van der Waals surface area contributed by atoms with E-state index < -0.39 is 17.6 Å². The van der Waals surface area contributed by atoms with Crippen LogP contribution in [0.5, 0.6) is 5.75 Å². The van der Waals surface area contributed by atoms with Gasteiger partial charge in [0, 0.05) is 50.2 Å². The summed E-state index contributed by atoms with van der Waals surface area (Å²) in [5.74, 6) is 0.189. The zero-order valence-corrected chi connectivity index (χ0v) is 21.7. The second-order valence-electron chi connectivity index (χ2n) is 9.31. The molecule has 0 spiro atoms. The van der Waals surface area contributed by atoms with Crippen LogP contribution < -0.4 is 21.2 Å². The third-order valence-corrected chi connectivity index (χ3v) is 6.69. The summed E-state index contributed by atoms with van der Waals surface area (Å²) in [7, 11) is 0. The molecular weight excluding hydrogens is 509 g/mol. The van der Waals surface area contributed by atoms with Crippen molar-refractivity contribution in [2.75, 3.05) is 50.4 Å². The van der Waals surface area contributed by atoms with E-state index in [1.54, 1.807) is 36.5 Å². The molecule has 1 saturated heterocycles. The number of nitrogens with two attached hydrogens (primary N) is 2. The first-order valence-corrected chi connectivity index (χ1v) is 12.6. The number of rotatable bonds is 9. The molecule has 8 nitrogen and oxygen atoms in total. The summed E-state index contributed by atoms with van der Waals surface area (Å²) in [6, 6.07) is 12.7. The standard InChI is InChI=1S/C28H31F3N6O2/c1-2-36-9-11-37(12-10-36)17-20-3-6-23(14-25(20)28(29,30)31)35-26(38)18-39-24-7-4-19(5-8-24)22-13-21(15-32)27(33)34-16-22/h3-8,13-16,32H,2,9-12,17-18H2,1H3,(H2,33,34)(H,35,38)/p+1. The van der Waals surface area contributed by atoms with E-state index in [2.05, 4.69) is 22.1 Å². The number of nitrogens with one attached hydrogen (secondary N) is 1. The van der Waals surface area contributed by atoms with E-state index in [4.69, 9.17) is 15.9 Å². The molecule has 0 saturated carbocycles. The summed E-state index contributed by atoms with van der Waals surface area (Å²) in [6.45, 7) is 5.95. The van der Waals surface area contributed by atoms with Crippen LogP contribution in [-0.4, -0.2) is 66.2 Å². The molecule has 2 aromatic carbocycles. The quantitative estimate of drug-likeness (QED) is 0.360. The van der Waals surface area contributed by atoms with Gasteiger partial charge >= 0.3 is 6.18 Å². The molecule has 206 valence electrons. The van der Waals surface area contributed by atoms with Crippen LogP contribution in [0.1, 0.15) is 23.6 Å². The molecule has 1 amide bonds. The van der Waals surface area contributed by atoms with E-state index in [1.807, 2.05) is 4.90 Å². The number of anilines is 2. The maximum atomic E-state index is 13.8. The second kappa shape index (κ2) is 12.3. The van der Waals surface area contributed by atoms with E-state index in [9.17, 15) is 18.0 Å². The van der Waals surface area contributed by atoms with E-state index in [0.29, 0.717) is 30.2 Å². The molecule has 11 heteroatoms. The lowest BCUT2D eigenvalue weighted by Gasteiger charge is -2.34. The van der Waals surface area contributed by atoms with E-state index in [0.717, 1.165) is 36.8 Å². The van der Waals surface area contributed by atoms with Crippen molar-refractivity contribution in [3.8, 4) is 16.9 Å². The number of nitrogens with zero attached hydrogens (tertiary/aromatic N) is 3. The highest BCUT2D eigenvalue weighted by molar-refractivity contribution is 5.92. The number of carbonyl (C=O) groups is 1. The summed E-state index contributed by atoms with van der Waals surface area (Å²) in [4.78, 5) is 20.8. The van der Waals surface area contributed by atoms with Crippen LogP contribution in [0.3, 0.4) is 0 Å². The number of hydrogen-bond donors (Lipinski definition) is 3. The Balaban J connectivity index is 1.35. The summed E-state index contributed by atoms with van der Waals surface area (Å²) in [5.41, 5.74) is 7.53. The van der Waals surface area contributed by atoms with Crippen molar-refractivity contribution in [2.45, 2.75) is 19.6 Å². The lowest BCUT2D eigenvalue weighted by atomic mass is 10.0. The Hall–Kier alpha value is -3.96. The Morgan fingerprint density at radius 1 is 1.08 bits per heavy atom. The fourth-order valence-corrected chi connectivity index (χ4v) is 4.43. The first kappa shape index (κ1) is 28.1. The van der Waals surface area contributed by atoms with Crippen LogP contribution >= 0.6 is 0 Å². The van der Waals surface area contributed by atoms with Gasteiger partial charge in [-0.2, -0.15) is 13.2 Å². The van der Waals surface area contributed by atoms with Gasteiger partial charge in [-0.1, -0.05) is 25.1 Å². The van der Waals surface area contributed by atoms with Gasteiger partial charge in [-0.05, 0) is 48.0 Å². The zero-order valence-electron chi connectivity index (χ0n) is 21.7. The van der Waals surface area contributed by atoms with Gasteiger partial charge in [0.1, 0.15) is 11.6 Å². The van der Waals surface area contributed by atoms with Crippen molar-refractivity contribution >= 4 is 23.6 Å². The molecule has 5 N–H and O–H groups in total. The van der Waals surface area contributed by atoms with Gasteiger partial charge in [0.2, 0.25) is 0 Å². The van der Waals surface area contributed by atoms with E-state index >= 15 is 0 Å². The predicted molar refractivity (Wildman–Crippen MR) is 144 cm³/mol. The number of likely N-dealkylation sites (N-methyl/N-ethyl adjacent to an activating group) is 1. The largest absolute Gasteiger partial charge is 0.484 e. The highest BCUT2D eigenvalue weighted by Crippen LogP contribution is 2.34. The molecule has 0 bridgehead atoms. The number of piperazine rings is 1. The molecule has 0 aliphatic carbocycles. The third-order valence-electron chi connectivity index (χ3n) is 6.69. The summed E-state index contributed by atoms with van der Waals surface area (Å²) >= 11 is 0. The highest BCUT2D eigenvalue weighted by atomic mass is 19.4. The lowest BCUT2D eigenvalue weighted by Crippen LogP contribution is -2.45. The number of alkyl halides is 3. The van der Waals surface area contributed by atoms with Gasteiger partial charge in [0.05, 0.1) is 11.1 Å². The normalized spacial score (nSPS) is 14.7. The van der Waals surface area contributed by atoms with Gasteiger partial charge in [-0.15, -0.1) is 0 Å². The van der Waals surface area contributed by atoms with Crippen LogP contribution in [0.2, 0.25) is 0 Å². The van der Waals surface area contributed by atoms with Crippen molar-refractivity contribution < 1.29 is 28.1 Å². The molecule has 0 unspecified atom stereocenters. The van der Waals surface area contributed by atoms with Crippen molar-refractivity contribution in [3.63, 3.8) is 0 Å². The molecule has 4 rings (SSSR count). The van der Waals surface area contributed by atoms with E-state index in [1.165, 1.54) is 18.3 Å². The van der Waals surface area contributed by atoms with Crippen molar-refractivity contribution in [2.24, 2.45) is 0 Å². The van der Waals surface area contributed by atoms with Gasteiger partial charge in [-0.3, -0.25) is 15.1 Å². The molecule has 3 aromatic rings. The molecule has 1 aliphatic rings. The minimum absolute atomic E-state index is 0.0641. The van der Waals surface area contributed by atoms with Crippen LogP contribution in [0.15, 0.2) is 54.7 Å². The molecular formula is C28H32F3N6O2+. The molecule has 39 heavy (non-hydrogen) atoms. The summed E-state index contributed by atoms with van der Waals surface area (Å²) in [5, 5.41) is 8.07. The number of halogens is 3. The lowest BCUT2D eigenvalue weighted by molar-refractivity contribution is -0.138. The van der Waals surface area contributed by atoms with Crippen molar-refractivity contribution in [3.05, 3.63) is 71.4 Å². The van der Waals surface area contributed by atoms with E-state index in [-0.39, 0.29) is 24.4 Å². The van der Waals surface area contributed by atoms with Gasteiger partial charge in [0.25, 0.3) is 5.91 Å². The van der Waals surface area contributed by atoms with Gasteiger partial charge in [-0.25, -0.2) is 4.98 Å². The molecule has 1 aliphatic heterocycles. The molecule has 0 radical (unpaired) electrons. The van der Waals surface area contributed by atoms with Crippen molar-refractivity contribution in [1.82, 2.24) is 14.8 Å². The number of carbonyl (C=O) groups excluding carboxylic acids is 1. The monoisotopic (exact) mass is 541 g/mol. The Morgan fingerprint density at radius 2 is 1.77 bits per heavy atom. The Kier molecular flexibility index (Phi) is 8.82. The minimum atomic E-state index is -4.54. The minimum Gasteiger partial charge on any atom is -0.484 e. The smallest absolute Gasteiger partial charge is 0.416 e. The Labute approximate surface area is 225 Å². The predicted octanol–water partition coefficient (Wildman–Crippen LogP) is 2.68. The molecule has 0 atom stereocenters. The zero-order chi connectivity index (χ0) is 28.0. The topological polar surface area (TPSA) is 109 Å². The van der Waals surface area contributed by atoms with Crippen molar-refractivity contribution in [1.29, 1.82) is 0 Å². The second-order valence-corrected chi connectivity index (χ2v) is 9.31. The third kappa shape index (κ3) is 7.33. The van der Waals surface area contributed by atoms with Crippen LogP contribution in [0.25, 0.3) is 11.1 Å². The number of pyridine rings is 1. The first-order chi connectivity index (χ1) is 18.7. The number of benzene rings is 2. The van der Waals surface area contributed by atoms with Gasteiger partial charge < -0.3 is 20.7 Å². The maximum Gasteiger partial charge on any atom is 0.416 e. The fraction of sp³-hybridized carbons (Fsp3) is 0.321. The van der Waals surface area contributed by atoms with Crippen LogP contribution in [0, 0.1) is 0 Å². The Morgan fingerprint density at radius 3 is 2.41 bits per heavy atom. The Bertz CT molecular complexity index is 1310. The fourth-order valence-electron chi connectivity index (χ4n) is 4.43. The first-order valence-electron chi connectivity index (χ1n) is 12.6. The average molecular weight is 542 g/mol. The number of hydrogen-bond acceptors (Lipinski definition) is 6. The number of ether oxygens (including phenoxy) is 1. The van der Waals surface area contributed by atoms with Crippen LogP contribution in [0.4, 0.5) is 24.7 Å². The molecule has 2 heterocycles. The molecule has 1 aromatic heterocycles. The van der Waals surface area contributed by atoms with Gasteiger partial charge in [0.15, 0.2) is 12.8 Å².